The van der Waals surface area contributed by atoms with Crippen LogP contribution in [-0.4, -0.2) is 9.38 Å². The second-order valence-corrected chi connectivity index (χ2v) is 4.73. The average molecular weight is 297 g/mol. The van der Waals surface area contributed by atoms with Crippen LogP contribution >= 0.6 is 11.6 Å². The molecule has 0 amide bonds. The minimum absolute atomic E-state index is 0.574. The number of halogens is 4. The fourth-order valence-corrected chi connectivity index (χ4v) is 2.16. The lowest BCUT2D eigenvalue weighted by Gasteiger charge is -2.07. The van der Waals surface area contributed by atoms with E-state index in [1.54, 1.807) is 28.9 Å². The summed E-state index contributed by atoms with van der Waals surface area (Å²) >= 11 is 5.88. The van der Waals surface area contributed by atoms with Gasteiger partial charge in [0.05, 0.1) is 17.3 Å². The molecule has 3 aromatic rings. The standard InChI is InChI=1S/C14H8ClF3N2/c15-11-5-6-20-12(7-11)8-19-13(20)9-1-3-10(4-2-9)14(16,17)18/h1-8H. The Balaban J connectivity index is 2.07. The first-order valence-electron chi connectivity index (χ1n) is 5.75. The molecule has 0 bridgehead atoms. The molecular formula is C14H8ClF3N2. The van der Waals surface area contributed by atoms with E-state index in [1.165, 1.54) is 12.1 Å². The van der Waals surface area contributed by atoms with E-state index in [0.29, 0.717) is 16.4 Å². The predicted octanol–water partition coefficient (Wildman–Crippen LogP) is 4.67. The maximum atomic E-state index is 12.5. The van der Waals surface area contributed by atoms with Crippen molar-refractivity contribution in [3.8, 4) is 11.4 Å². The Labute approximate surface area is 117 Å². The number of hydrogen-bond acceptors (Lipinski definition) is 1. The van der Waals surface area contributed by atoms with Gasteiger partial charge in [0.15, 0.2) is 0 Å². The molecule has 0 aliphatic rings. The van der Waals surface area contributed by atoms with Gasteiger partial charge in [-0.2, -0.15) is 13.2 Å². The lowest BCUT2D eigenvalue weighted by molar-refractivity contribution is -0.137. The van der Waals surface area contributed by atoms with Crippen LogP contribution in [0.1, 0.15) is 5.56 Å². The first-order chi connectivity index (χ1) is 9.45. The predicted molar refractivity (Wildman–Crippen MR) is 70.6 cm³/mol. The van der Waals surface area contributed by atoms with E-state index in [9.17, 15) is 13.2 Å². The van der Waals surface area contributed by atoms with Gasteiger partial charge in [-0.1, -0.05) is 23.7 Å². The Kier molecular flexibility index (Phi) is 2.94. The molecule has 2 heterocycles. The SMILES string of the molecule is FC(F)(F)c1ccc(-c2ncc3cc(Cl)ccn23)cc1. The van der Waals surface area contributed by atoms with Crippen LogP contribution in [0.3, 0.4) is 0 Å². The fraction of sp³-hybridized carbons (Fsp3) is 0.0714. The van der Waals surface area contributed by atoms with Crippen molar-refractivity contribution in [3.63, 3.8) is 0 Å². The van der Waals surface area contributed by atoms with Gasteiger partial charge in [-0.3, -0.25) is 4.40 Å². The van der Waals surface area contributed by atoms with Crippen molar-refractivity contribution < 1.29 is 13.2 Å². The molecule has 2 aromatic heterocycles. The third-order valence-electron chi connectivity index (χ3n) is 2.96. The Bertz CT molecular complexity index is 760. The summed E-state index contributed by atoms with van der Waals surface area (Å²) in [5, 5.41) is 0.580. The lowest BCUT2D eigenvalue weighted by atomic mass is 10.1. The van der Waals surface area contributed by atoms with E-state index in [0.717, 1.165) is 17.6 Å². The monoisotopic (exact) mass is 296 g/mol. The molecule has 0 saturated heterocycles. The van der Waals surface area contributed by atoms with Crippen LogP contribution < -0.4 is 0 Å². The number of hydrogen-bond donors (Lipinski definition) is 0. The summed E-state index contributed by atoms with van der Waals surface area (Å²) in [4.78, 5) is 4.22. The number of fused-ring (bicyclic) bond motifs is 1. The largest absolute Gasteiger partial charge is 0.416 e. The third kappa shape index (κ3) is 2.25. The third-order valence-corrected chi connectivity index (χ3v) is 3.20. The summed E-state index contributed by atoms with van der Waals surface area (Å²) in [7, 11) is 0. The van der Waals surface area contributed by atoms with E-state index in [2.05, 4.69) is 4.98 Å². The van der Waals surface area contributed by atoms with Gasteiger partial charge >= 0.3 is 6.18 Å². The minimum Gasteiger partial charge on any atom is -0.300 e. The maximum absolute atomic E-state index is 12.5. The number of nitrogens with zero attached hydrogens (tertiary/aromatic N) is 2. The average Bonchev–Trinajstić information content (AvgIpc) is 2.80. The highest BCUT2D eigenvalue weighted by atomic mass is 35.5. The molecule has 2 nitrogen and oxygen atoms in total. The number of benzene rings is 1. The Morgan fingerprint density at radius 1 is 1.05 bits per heavy atom. The summed E-state index contributed by atoms with van der Waals surface area (Å²) in [6, 6.07) is 8.35. The van der Waals surface area contributed by atoms with E-state index >= 15 is 0 Å². The molecule has 1 aromatic carbocycles. The summed E-state index contributed by atoms with van der Waals surface area (Å²) in [5.74, 6) is 0.574. The summed E-state index contributed by atoms with van der Waals surface area (Å²) in [6.07, 6.45) is -0.975. The molecule has 0 unspecified atom stereocenters. The van der Waals surface area contributed by atoms with Gasteiger partial charge in [-0.25, -0.2) is 4.98 Å². The molecule has 6 heteroatoms. The summed E-state index contributed by atoms with van der Waals surface area (Å²) < 4.78 is 39.3. The molecule has 0 atom stereocenters. The minimum atomic E-state index is -4.33. The van der Waals surface area contributed by atoms with Crippen LogP contribution in [0, 0.1) is 0 Å². The van der Waals surface area contributed by atoms with Crippen molar-refractivity contribution in [2.75, 3.05) is 0 Å². The Morgan fingerprint density at radius 3 is 2.40 bits per heavy atom. The van der Waals surface area contributed by atoms with E-state index < -0.39 is 11.7 Å². The quantitative estimate of drug-likeness (QED) is 0.637. The van der Waals surface area contributed by atoms with Gasteiger partial charge in [0.25, 0.3) is 0 Å². The van der Waals surface area contributed by atoms with Crippen LogP contribution in [0.2, 0.25) is 5.02 Å². The highest BCUT2D eigenvalue weighted by molar-refractivity contribution is 6.30. The number of pyridine rings is 1. The normalized spacial score (nSPS) is 12.0. The van der Waals surface area contributed by atoms with E-state index in [-0.39, 0.29) is 0 Å². The molecule has 0 spiro atoms. The molecule has 0 radical (unpaired) electrons. The van der Waals surface area contributed by atoms with Gasteiger partial charge in [0.1, 0.15) is 5.82 Å². The number of alkyl halides is 3. The van der Waals surface area contributed by atoms with Crippen molar-refractivity contribution in [2.45, 2.75) is 6.18 Å². The zero-order valence-electron chi connectivity index (χ0n) is 10.0. The van der Waals surface area contributed by atoms with Gasteiger partial charge in [0.2, 0.25) is 0 Å². The molecule has 0 aliphatic heterocycles. The van der Waals surface area contributed by atoms with Crippen molar-refractivity contribution >= 4 is 17.1 Å². The van der Waals surface area contributed by atoms with E-state index in [4.69, 9.17) is 11.6 Å². The van der Waals surface area contributed by atoms with Crippen molar-refractivity contribution in [2.24, 2.45) is 0 Å². The van der Waals surface area contributed by atoms with Crippen molar-refractivity contribution in [1.82, 2.24) is 9.38 Å². The van der Waals surface area contributed by atoms with Gasteiger partial charge < -0.3 is 0 Å². The molecule has 3 rings (SSSR count). The highest BCUT2D eigenvalue weighted by Gasteiger charge is 2.30. The zero-order chi connectivity index (χ0) is 14.3. The van der Waals surface area contributed by atoms with Crippen LogP contribution in [-0.2, 0) is 6.18 Å². The zero-order valence-corrected chi connectivity index (χ0v) is 10.8. The molecule has 0 N–H and O–H groups in total. The van der Waals surface area contributed by atoms with Gasteiger partial charge in [-0.05, 0) is 24.3 Å². The summed E-state index contributed by atoms with van der Waals surface area (Å²) in [5.41, 5.74) is 0.720. The second kappa shape index (κ2) is 4.52. The van der Waals surface area contributed by atoms with Crippen LogP contribution in [0.5, 0.6) is 0 Å². The van der Waals surface area contributed by atoms with Crippen LogP contribution in [0.4, 0.5) is 13.2 Å². The summed E-state index contributed by atoms with van der Waals surface area (Å²) in [6.45, 7) is 0. The second-order valence-electron chi connectivity index (χ2n) is 4.30. The molecule has 102 valence electrons. The molecule has 20 heavy (non-hydrogen) atoms. The smallest absolute Gasteiger partial charge is 0.300 e. The van der Waals surface area contributed by atoms with Gasteiger partial charge in [-0.15, -0.1) is 0 Å². The topological polar surface area (TPSA) is 17.3 Å². The van der Waals surface area contributed by atoms with Crippen molar-refractivity contribution in [3.05, 3.63) is 59.4 Å². The molecule has 0 aliphatic carbocycles. The lowest BCUT2D eigenvalue weighted by Crippen LogP contribution is -2.04. The molecular weight excluding hydrogens is 289 g/mol. The van der Waals surface area contributed by atoms with Gasteiger partial charge in [0, 0.05) is 16.8 Å². The number of aromatic nitrogens is 2. The Morgan fingerprint density at radius 2 is 1.75 bits per heavy atom. The first kappa shape index (κ1) is 13.0. The van der Waals surface area contributed by atoms with Crippen molar-refractivity contribution in [1.29, 1.82) is 0 Å². The Hall–Kier alpha value is -2.01. The highest BCUT2D eigenvalue weighted by Crippen LogP contribution is 2.31. The number of imidazole rings is 1. The number of rotatable bonds is 1. The van der Waals surface area contributed by atoms with Crippen LogP contribution in [0.25, 0.3) is 16.9 Å². The van der Waals surface area contributed by atoms with Crippen LogP contribution in [0.15, 0.2) is 48.8 Å². The van der Waals surface area contributed by atoms with E-state index in [1.807, 2.05) is 0 Å². The molecule has 0 saturated carbocycles. The fourth-order valence-electron chi connectivity index (χ4n) is 1.99. The first-order valence-corrected chi connectivity index (χ1v) is 6.13. The maximum Gasteiger partial charge on any atom is 0.416 e. The molecule has 0 fully saturated rings.